The van der Waals surface area contributed by atoms with Gasteiger partial charge in [-0.05, 0) is 12.8 Å². The third-order valence-corrected chi connectivity index (χ3v) is 2.47. The van der Waals surface area contributed by atoms with Crippen molar-refractivity contribution in [3.63, 3.8) is 0 Å². The van der Waals surface area contributed by atoms with Crippen LogP contribution in [0.2, 0.25) is 0 Å². The second-order valence-corrected chi connectivity index (χ2v) is 5.46. The van der Waals surface area contributed by atoms with Crippen LogP contribution < -0.4 is 10.2 Å². The van der Waals surface area contributed by atoms with Gasteiger partial charge in [-0.15, -0.1) is 36.8 Å². The van der Waals surface area contributed by atoms with Gasteiger partial charge in [0.1, 0.15) is 0 Å². The van der Waals surface area contributed by atoms with Crippen LogP contribution in [0, 0.1) is 0 Å². The Morgan fingerprint density at radius 2 is 1.15 bits per heavy atom. The summed E-state index contributed by atoms with van der Waals surface area (Å²) in [6, 6.07) is 16.6. The van der Waals surface area contributed by atoms with Gasteiger partial charge in [0.25, 0.3) is 0 Å². The zero-order valence-corrected chi connectivity index (χ0v) is 18.6. The van der Waals surface area contributed by atoms with Crippen LogP contribution in [0.1, 0.15) is 51.7 Å². The van der Waals surface area contributed by atoms with Gasteiger partial charge >= 0.3 is 21.7 Å². The molecule has 0 radical (unpaired) electrons. The van der Waals surface area contributed by atoms with Crippen molar-refractivity contribution in [1.82, 2.24) is 0 Å². The number of hydrogen-bond donors (Lipinski definition) is 0. The average molecular weight is 400 g/mol. The van der Waals surface area contributed by atoms with Gasteiger partial charge < -0.3 is 10.2 Å². The fourth-order valence-electron chi connectivity index (χ4n) is 1.51. The van der Waals surface area contributed by atoms with E-state index in [2.05, 4.69) is 99.8 Å². The molecule has 0 amide bonds. The first-order chi connectivity index (χ1) is 12.3. The van der Waals surface area contributed by atoms with Crippen molar-refractivity contribution >= 4 is 12.2 Å². The van der Waals surface area contributed by atoms with E-state index in [0.29, 0.717) is 0 Å². The molecule has 0 saturated carbocycles. The predicted molar refractivity (Wildman–Crippen MR) is 112 cm³/mol. The van der Waals surface area contributed by atoms with Crippen LogP contribution in [-0.4, -0.2) is 0 Å². The van der Waals surface area contributed by atoms with Crippen molar-refractivity contribution in [2.75, 3.05) is 0 Å². The van der Waals surface area contributed by atoms with Crippen molar-refractivity contribution in [3.8, 4) is 0 Å². The molecule has 2 aromatic rings. The minimum Gasteiger partial charge on any atom is -0.876 e. The molecule has 0 saturated heterocycles. The molecular formula is C24H32O2Ti. The smallest absolute Gasteiger partial charge is 0.876 e. The van der Waals surface area contributed by atoms with E-state index in [1.54, 1.807) is 0 Å². The van der Waals surface area contributed by atoms with Crippen molar-refractivity contribution in [3.05, 3.63) is 96.5 Å². The third-order valence-electron chi connectivity index (χ3n) is 2.47. The Balaban J connectivity index is -0.000000303. The molecule has 0 heterocycles. The molecule has 27 heavy (non-hydrogen) atoms. The topological polar surface area (TPSA) is 46.1 Å². The van der Waals surface area contributed by atoms with Gasteiger partial charge in [-0.1, -0.05) is 39.8 Å². The normalized spacial score (nSPS) is 9.04. The Kier molecular flexibility index (Phi) is 24.2. The van der Waals surface area contributed by atoms with Crippen molar-refractivity contribution in [2.24, 2.45) is 0 Å². The fourth-order valence-corrected chi connectivity index (χ4v) is 1.51. The Morgan fingerprint density at radius 3 is 1.33 bits per heavy atom. The second kappa shape index (κ2) is 22.0. The van der Waals surface area contributed by atoms with Crippen LogP contribution in [0.5, 0.6) is 0 Å². The van der Waals surface area contributed by atoms with Gasteiger partial charge in [0.05, 0.1) is 0 Å². The maximum absolute atomic E-state index is 9.33. The van der Waals surface area contributed by atoms with E-state index >= 15 is 0 Å². The van der Waals surface area contributed by atoms with E-state index in [4.69, 9.17) is 0 Å². The first-order valence-electron chi connectivity index (χ1n) is 8.74. The maximum Gasteiger partial charge on any atom is 4.00 e. The van der Waals surface area contributed by atoms with E-state index < -0.39 is 0 Å². The Morgan fingerprint density at radius 1 is 0.852 bits per heavy atom. The van der Waals surface area contributed by atoms with Crippen LogP contribution in [0.3, 0.4) is 0 Å². The molecule has 0 aliphatic carbocycles. The minimum absolute atomic E-state index is 0. The Bertz CT molecular complexity index is 539. The first-order valence-corrected chi connectivity index (χ1v) is 8.74. The number of hydrogen-bond acceptors (Lipinski definition) is 2. The number of rotatable bonds is 4. The molecule has 0 aliphatic rings. The SMILES string of the molecule is C=C(C)[O-].C=C(C)[O-].CCC=Cc1cc[cH-]c1.CCC=Cc1cc[cH-]c1.[Ti+4]. The van der Waals surface area contributed by atoms with E-state index in [1.807, 2.05) is 0 Å². The molecule has 0 aliphatic heterocycles. The first kappa shape index (κ1) is 29.7. The van der Waals surface area contributed by atoms with Crippen molar-refractivity contribution in [2.45, 2.75) is 40.5 Å². The number of allylic oxidation sites excluding steroid dienone is 4. The van der Waals surface area contributed by atoms with Crippen LogP contribution in [0.4, 0.5) is 0 Å². The van der Waals surface area contributed by atoms with E-state index in [1.165, 1.54) is 25.0 Å². The molecule has 0 spiro atoms. The summed E-state index contributed by atoms with van der Waals surface area (Å²) >= 11 is 0. The van der Waals surface area contributed by atoms with Crippen molar-refractivity contribution in [1.29, 1.82) is 0 Å². The summed E-state index contributed by atoms with van der Waals surface area (Å²) in [5, 5.41) is 18.7. The van der Waals surface area contributed by atoms with Gasteiger partial charge in [-0.3, -0.25) is 0 Å². The summed E-state index contributed by atoms with van der Waals surface area (Å²) in [4.78, 5) is 0. The largest absolute Gasteiger partial charge is 4.00 e. The minimum atomic E-state index is -0.0833. The Labute approximate surface area is 180 Å². The molecule has 3 heteroatoms. The molecule has 0 unspecified atom stereocenters. The zero-order valence-electron chi connectivity index (χ0n) is 17.1. The molecule has 144 valence electrons. The van der Waals surface area contributed by atoms with Gasteiger partial charge in [0, 0.05) is 0 Å². The second-order valence-electron chi connectivity index (χ2n) is 5.46. The molecule has 0 aromatic heterocycles. The quantitative estimate of drug-likeness (QED) is 0.391. The van der Waals surface area contributed by atoms with E-state index in [-0.39, 0.29) is 33.2 Å². The third kappa shape index (κ3) is 29.0. The van der Waals surface area contributed by atoms with E-state index in [0.717, 1.165) is 12.8 Å². The van der Waals surface area contributed by atoms with Crippen LogP contribution in [-0.2, 0) is 21.7 Å². The van der Waals surface area contributed by atoms with Gasteiger partial charge in [0.15, 0.2) is 0 Å². The fraction of sp³-hybridized carbons (Fsp3) is 0.250. The van der Waals surface area contributed by atoms with Crippen LogP contribution in [0.15, 0.2) is 85.4 Å². The molecule has 2 aromatic carbocycles. The van der Waals surface area contributed by atoms with Gasteiger partial charge in [-0.25, -0.2) is 12.1 Å². The molecule has 2 nitrogen and oxygen atoms in total. The van der Waals surface area contributed by atoms with Crippen LogP contribution in [0.25, 0.3) is 12.2 Å². The molecule has 0 bridgehead atoms. The summed E-state index contributed by atoms with van der Waals surface area (Å²) in [7, 11) is 0. The average Bonchev–Trinajstić information content (AvgIpc) is 3.24. The zero-order chi connectivity index (χ0) is 20.2. The van der Waals surface area contributed by atoms with Gasteiger partial charge in [0.2, 0.25) is 0 Å². The monoisotopic (exact) mass is 400 g/mol. The molecule has 2 rings (SSSR count). The summed E-state index contributed by atoms with van der Waals surface area (Å²) < 4.78 is 0. The molecule has 0 N–H and O–H groups in total. The summed E-state index contributed by atoms with van der Waals surface area (Å²) in [6.45, 7) is 13.1. The maximum atomic E-state index is 9.33. The van der Waals surface area contributed by atoms with Crippen molar-refractivity contribution < 1.29 is 31.9 Å². The van der Waals surface area contributed by atoms with E-state index in [9.17, 15) is 10.2 Å². The summed E-state index contributed by atoms with van der Waals surface area (Å²) in [5.74, 6) is -0.167. The van der Waals surface area contributed by atoms with Gasteiger partial charge in [-0.2, -0.15) is 47.5 Å². The standard InChI is InChI=1S/2C9H11.2C3H6O.Ti/c2*1-2-3-6-9-7-4-5-8-9;2*1-3(2)4;/h2*3-8H,2H2,1H3;2*4H,1H2,2H3;/q2*-1;;;+4/p-2. The molecular weight excluding hydrogens is 368 g/mol. The Hall–Kier alpha value is -2.03. The molecule has 0 fully saturated rings. The summed E-state index contributed by atoms with van der Waals surface area (Å²) in [5.41, 5.74) is 2.61. The summed E-state index contributed by atoms with van der Waals surface area (Å²) in [6.07, 6.45) is 10.8. The predicted octanol–water partition coefficient (Wildman–Crippen LogP) is 5.42. The molecule has 0 atom stereocenters. The van der Waals surface area contributed by atoms with Crippen LogP contribution >= 0.6 is 0 Å².